The second-order valence-electron chi connectivity index (χ2n) is 11.6. The van der Waals surface area contributed by atoms with Crippen LogP contribution >= 0.6 is 11.6 Å². The maximum atomic E-state index is 14.1. The SMILES string of the molecule is CCOc1ccc(C#N)cc1-c1cc(Cl)c(N2C(=O)N(CC)C3(CCN(Cc4ccc(N5CCCC5)cc4)CC3)C2=O)cn1. The Morgan fingerprint density at radius 2 is 1.73 bits per heavy atom. The van der Waals surface area contributed by atoms with Crippen molar-refractivity contribution in [3.05, 3.63) is 70.9 Å². The van der Waals surface area contributed by atoms with Gasteiger partial charge in [-0.2, -0.15) is 5.26 Å². The monoisotopic (exact) mass is 612 g/mol. The summed E-state index contributed by atoms with van der Waals surface area (Å²) in [5, 5.41) is 9.63. The Kier molecular flexibility index (Phi) is 8.48. The van der Waals surface area contributed by atoms with Crippen molar-refractivity contribution in [2.45, 2.75) is 51.6 Å². The molecule has 0 N–H and O–H groups in total. The minimum Gasteiger partial charge on any atom is -0.493 e. The number of likely N-dealkylation sites (N-methyl/N-ethyl adjacent to an activating group) is 1. The van der Waals surface area contributed by atoms with Gasteiger partial charge in [0.2, 0.25) is 0 Å². The van der Waals surface area contributed by atoms with E-state index in [-0.39, 0.29) is 22.6 Å². The largest absolute Gasteiger partial charge is 0.493 e. The highest BCUT2D eigenvalue weighted by atomic mass is 35.5. The van der Waals surface area contributed by atoms with Gasteiger partial charge < -0.3 is 14.5 Å². The summed E-state index contributed by atoms with van der Waals surface area (Å²) in [6, 6.07) is 17.3. The molecule has 3 aliphatic heterocycles. The van der Waals surface area contributed by atoms with Gasteiger partial charge in [-0.15, -0.1) is 0 Å². The number of pyridine rings is 1. The highest BCUT2D eigenvalue weighted by Gasteiger charge is 2.58. The molecule has 9 nitrogen and oxygen atoms in total. The predicted molar refractivity (Wildman–Crippen MR) is 171 cm³/mol. The van der Waals surface area contributed by atoms with Crippen molar-refractivity contribution >= 4 is 34.9 Å². The fourth-order valence-corrected chi connectivity index (χ4v) is 7.03. The number of carbonyl (C=O) groups excluding carboxylic acids is 2. The van der Waals surface area contributed by atoms with E-state index in [0.717, 1.165) is 19.6 Å². The predicted octanol–water partition coefficient (Wildman–Crippen LogP) is 6.10. The number of benzene rings is 2. The van der Waals surface area contributed by atoms with Gasteiger partial charge in [-0.05, 0) is 81.5 Å². The molecule has 1 spiro atoms. The van der Waals surface area contributed by atoms with Crippen molar-refractivity contribution in [3.8, 4) is 23.1 Å². The highest BCUT2D eigenvalue weighted by Crippen LogP contribution is 2.42. The summed E-state index contributed by atoms with van der Waals surface area (Å²) >= 11 is 6.76. The molecule has 3 fully saturated rings. The first-order valence-electron chi connectivity index (χ1n) is 15.4. The third kappa shape index (κ3) is 5.37. The summed E-state index contributed by atoms with van der Waals surface area (Å²) in [6.45, 7) is 9.12. The van der Waals surface area contributed by atoms with Crippen LogP contribution in [0, 0.1) is 11.3 Å². The normalized spacial score (nSPS) is 18.4. The van der Waals surface area contributed by atoms with E-state index in [2.05, 4.69) is 45.1 Å². The van der Waals surface area contributed by atoms with Gasteiger partial charge >= 0.3 is 6.03 Å². The van der Waals surface area contributed by atoms with Crippen LogP contribution in [-0.4, -0.2) is 71.6 Å². The van der Waals surface area contributed by atoms with Gasteiger partial charge in [0.25, 0.3) is 5.91 Å². The van der Waals surface area contributed by atoms with E-state index in [1.807, 2.05) is 13.8 Å². The molecule has 1 aromatic heterocycles. The van der Waals surface area contributed by atoms with Gasteiger partial charge in [0.15, 0.2) is 0 Å². The lowest BCUT2D eigenvalue weighted by Crippen LogP contribution is -2.56. The van der Waals surface area contributed by atoms with Crippen molar-refractivity contribution in [1.29, 1.82) is 5.26 Å². The summed E-state index contributed by atoms with van der Waals surface area (Å²) in [6.07, 6.45) is 5.08. The smallest absolute Gasteiger partial charge is 0.332 e. The number of amides is 3. The van der Waals surface area contributed by atoms with Crippen LogP contribution in [0.15, 0.2) is 54.7 Å². The van der Waals surface area contributed by atoms with Crippen LogP contribution in [0.25, 0.3) is 11.3 Å². The van der Waals surface area contributed by atoms with Crippen LogP contribution in [0.2, 0.25) is 5.02 Å². The number of rotatable bonds is 8. The van der Waals surface area contributed by atoms with E-state index in [9.17, 15) is 14.9 Å². The second kappa shape index (κ2) is 12.5. The Morgan fingerprint density at radius 1 is 1.00 bits per heavy atom. The number of likely N-dealkylation sites (tertiary alicyclic amines) is 1. The molecule has 0 unspecified atom stereocenters. The zero-order chi connectivity index (χ0) is 30.8. The molecule has 0 aliphatic carbocycles. The molecule has 0 radical (unpaired) electrons. The first kappa shape index (κ1) is 29.9. The van der Waals surface area contributed by atoms with Crippen molar-refractivity contribution in [3.63, 3.8) is 0 Å². The van der Waals surface area contributed by atoms with Gasteiger partial charge in [0, 0.05) is 50.5 Å². The van der Waals surface area contributed by atoms with E-state index in [1.165, 1.54) is 35.2 Å². The number of urea groups is 1. The van der Waals surface area contributed by atoms with Crippen LogP contribution < -0.4 is 14.5 Å². The second-order valence-corrected chi connectivity index (χ2v) is 12.0. The quantitative estimate of drug-likeness (QED) is 0.284. The summed E-state index contributed by atoms with van der Waals surface area (Å²) in [7, 11) is 0. The molecule has 228 valence electrons. The Morgan fingerprint density at radius 3 is 2.36 bits per heavy atom. The molecule has 10 heteroatoms. The lowest BCUT2D eigenvalue weighted by atomic mass is 9.85. The highest BCUT2D eigenvalue weighted by molar-refractivity contribution is 6.36. The van der Waals surface area contributed by atoms with E-state index in [4.69, 9.17) is 16.3 Å². The Labute approximate surface area is 263 Å². The maximum absolute atomic E-state index is 14.1. The maximum Gasteiger partial charge on any atom is 0.332 e. The van der Waals surface area contributed by atoms with E-state index < -0.39 is 5.54 Å². The van der Waals surface area contributed by atoms with E-state index in [0.29, 0.717) is 61.7 Å². The molecular weight excluding hydrogens is 576 g/mol. The summed E-state index contributed by atoms with van der Waals surface area (Å²) < 4.78 is 5.75. The van der Waals surface area contributed by atoms with Crippen LogP contribution in [0.3, 0.4) is 0 Å². The van der Waals surface area contributed by atoms with E-state index >= 15 is 0 Å². The van der Waals surface area contributed by atoms with Crippen LogP contribution in [0.4, 0.5) is 16.2 Å². The lowest BCUT2D eigenvalue weighted by Gasteiger charge is -2.41. The van der Waals surface area contributed by atoms with Crippen LogP contribution in [-0.2, 0) is 11.3 Å². The Bertz CT molecular complexity index is 1590. The molecular formula is C34H37ClN6O3. The number of aromatic nitrogens is 1. The van der Waals surface area contributed by atoms with Gasteiger partial charge in [-0.25, -0.2) is 9.69 Å². The number of nitriles is 1. The lowest BCUT2D eigenvalue weighted by molar-refractivity contribution is -0.127. The zero-order valence-corrected chi connectivity index (χ0v) is 26.0. The molecule has 2 aromatic carbocycles. The number of piperidine rings is 1. The summed E-state index contributed by atoms with van der Waals surface area (Å²) in [5.74, 6) is 0.318. The third-order valence-electron chi connectivity index (χ3n) is 9.11. The minimum absolute atomic E-state index is 0.226. The fourth-order valence-electron chi connectivity index (χ4n) is 6.79. The number of nitrogens with zero attached hydrogens (tertiary/aromatic N) is 6. The Balaban J connectivity index is 1.19. The van der Waals surface area contributed by atoms with Crippen molar-refractivity contribution < 1.29 is 14.3 Å². The van der Waals surface area contributed by atoms with Gasteiger partial charge in [-0.3, -0.25) is 14.7 Å². The molecule has 4 heterocycles. The number of hydrogen-bond acceptors (Lipinski definition) is 7. The van der Waals surface area contributed by atoms with Crippen molar-refractivity contribution in [1.82, 2.24) is 14.8 Å². The number of ether oxygens (including phenoxy) is 1. The minimum atomic E-state index is -0.910. The van der Waals surface area contributed by atoms with Gasteiger partial charge in [0.1, 0.15) is 11.3 Å². The number of anilines is 2. The molecule has 0 atom stereocenters. The molecule has 44 heavy (non-hydrogen) atoms. The van der Waals surface area contributed by atoms with Crippen LogP contribution in [0.5, 0.6) is 5.75 Å². The van der Waals surface area contributed by atoms with Crippen molar-refractivity contribution in [2.75, 3.05) is 49.1 Å². The molecule has 0 saturated carbocycles. The molecule has 6 rings (SSSR count). The molecule has 0 bridgehead atoms. The Hall–Kier alpha value is -4.13. The zero-order valence-electron chi connectivity index (χ0n) is 25.3. The van der Waals surface area contributed by atoms with E-state index in [1.54, 1.807) is 29.2 Å². The number of imide groups is 1. The fraction of sp³-hybridized carbons (Fsp3) is 0.412. The molecule has 3 aromatic rings. The van der Waals surface area contributed by atoms with Crippen LogP contribution in [0.1, 0.15) is 50.7 Å². The van der Waals surface area contributed by atoms with Gasteiger partial charge in [-0.1, -0.05) is 23.7 Å². The standard InChI is InChI=1S/C34H37ClN6O3/c1-3-40-33(43)41(30-22-37-29(20-28(30)35)27-19-25(21-36)9-12-31(27)44-4-2)32(42)34(40)13-17-38(18-14-34)23-24-7-10-26(11-8-24)39-15-5-6-16-39/h7-12,19-20,22H,3-6,13-18,23H2,1-2H3. The molecule has 3 amide bonds. The molecule has 3 saturated heterocycles. The first-order chi connectivity index (χ1) is 21.4. The number of halogens is 1. The average Bonchev–Trinajstić information content (AvgIpc) is 3.65. The average molecular weight is 613 g/mol. The first-order valence-corrected chi connectivity index (χ1v) is 15.8. The third-order valence-corrected chi connectivity index (χ3v) is 9.42. The topological polar surface area (TPSA) is 93.0 Å². The number of hydrogen-bond donors (Lipinski definition) is 0. The van der Waals surface area contributed by atoms with Crippen molar-refractivity contribution in [2.24, 2.45) is 0 Å². The summed E-state index contributed by atoms with van der Waals surface area (Å²) in [4.78, 5) is 40.1. The number of carbonyl (C=O) groups is 2. The summed E-state index contributed by atoms with van der Waals surface area (Å²) in [5.41, 5.74) is 3.44. The molecule has 3 aliphatic rings. The van der Waals surface area contributed by atoms with Gasteiger partial charge in [0.05, 0.1) is 40.8 Å².